The van der Waals surface area contributed by atoms with Crippen molar-refractivity contribution in [3.8, 4) is 0 Å². The van der Waals surface area contributed by atoms with Crippen molar-refractivity contribution >= 4 is 21.4 Å². The van der Waals surface area contributed by atoms with Crippen LogP contribution < -0.4 is 4.90 Å². The van der Waals surface area contributed by atoms with Gasteiger partial charge < -0.3 is 9.64 Å². The summed E-state index contributed by atoms with van der Waals surface area (Å²) in [6, 6.07) is 0. The highest BCUT2D eigenvalue weighted by molar-refractivity contribution is 7.20. The first-order valence-electron chi connectivity index (χ1n) is 7.80. The molecular formula is C15H25N5OS. The van der Waals surface area contributed by atoms with E-state index >= 15 is 0 Å². The van der Waals surface area contributed by atoms with E-state index in [1.807, 2.05) is 4.52 Å². The van der Waals surface area contributed by atoms with Crippen molar-refractivity contribution in [2.24, 2.45) is 0 Å². The van der Waals surface area contributed by atoms with E-state index in [0.29, 0.717) is 0 Å². The van der Waals surface area contributed by atoms with E-state index in [0.717, 1.165) is 55.1 Å². The first-order chi connectivity index (χ1) is 10.5. The van der Waals surface area contributed by atoms with Gasteiger partial charge in [0.2, 0.25) is 10.1 Å². The number of methoxy groups -OCH3 is 1. The molecule has 0 aliphatic carbocycles. The van der Waals surface area contributed by atoms with Gasteiger partial charge in [0.25, 0.3) is 0 Å². The standard InChI is InChI=1S/C15H25N5OS/c1-15(2,3)12-11-20-13(16-12)22-14(17-20)19-7-5-18(6-8-19)9-10-21-4/h11H,5-10H2,1-4H3. The van der Waals surface area contributed by atoms with Crippen LogP contribution in [0.3, 0.4) is 0 Å². The molecule has 0 aromatic carbocycles. The second-order valence-electron chi connectivity index (χ2n) is 6.81. The molecule has 0 atom stereocenters. The van der Waals surface area contributed by atoms with Gasteiger partial charge in [-0.15, -0.1) is 5.10 Å². The summed E-state index contributed by atoms with van der Waals surface area (Å²) in [5, 5.41) is 5.79. The highest BCUT2D eigenvalue weighted by Gasteiger charge is 2.22. The predicted octanol–water partition coefficient (Wildman–Crippen LogP) is 1.86. The molecule has 0 spiro atoms. The summed E-state index contributed by atoms with van der Waals surface area (Å²) in [5.41, 5.74) is 1.17. The van der Waals surface area contributed by atoms with Gasteiger partial charge >= 0.3 is 0 Å². The third-order valence-corrected chi connectivity index (χ3v) is 5.04. The Morgan fingerprint density at radius 2 is 1.95 bits per heavy atom. The number of fused-ring (bicyclic) bond motifs is 1. The average molecular weight is 323 g/mol. The minimum absolute atomic E-state index is 0.0700. The number of ether oxygens (including phenoxy) is 1. The molecular weight excluding hydrogens is 298 g/mol. The first kappa shape index (κ1) is 15.7. The Morgan fingerprint density at radius 1 is 1.23 bits per heavy atom. The topological polar surface area (TPSA) is 45.9 Å². The molecule has 1 aliphatic heterocycles. The number of hydrogen-bond donors (Lipinski definition) is 0. The highest BCUT2D eigenvalue weighted by atomic mass is 32.1. The summed E-state index contributed by atoms with van der Waals surface area (Å²) < 4.78 is 7.08. The monoisotopic (exact) mass is 323 g/mol. The van der Waals surface area contributed by atoms with Gasteiger partial charge in [0.15, 0.2) is 0 Å². The van der Waals surface area contributed by atoms with Crippen LogP contribution in [0.2, 0.25) is 0 Å². The molecule has 2 aromatic heterocycles. The summed E-state index contributed by atoms with van der Waals surface area (Å²) in [6.07, 6.45) is 2.06. The van der Waals surface area contributed by atoms with E-state index in [1.165, 1.54) is 0 Å². The lowest BCUT2D eigenvalue weighted by Gasteiger charge is -2.34. The first-order valence-corrected chi connectivity index (χ1v) is 8.62. The van der Waals surface area contributed by atoms with Crippen LogP contribution in [0, 0.1) is 0 Å². The molecule has 0 unspecified atom stereocenters. The van der Waals surface area contributed by atoms with E-state index in [1.54, 1.807) is 18.4 Å². The maximum absolute atomic E-state index is 5.15. The molecule has 6 nitrogen and oxygen atoms in total. The van der Waals surface area contributed by atoms with Gasteiger partial charge in [0.1, 0.15) is 0 Å². The predicted molar refractivity (Wildman–Crippen MR) is 90.1 cm³/mol. The molecule has 7 heteroatoms. The Balaban J connectivity index is 1.66. The summed E-state index contributed by atoms with van der Waals surface area (Å²) >= 11 is 1.68. The second kappa shape index (κ2) is 6.14. The van der Waals surface area contributed by atoms with Crippen LogP contribution >= 0.6 is 11.3 Å². The number of hydrogen-bond acceptors (Lipinski definition) is 6. The molecule has 1 saturated heterocycles. The van der Waals surface area contributed by atoms with Crippen molar-refractivity contribution in [1.29, 1.82) is 0 Å². The molecule has 122 valence electrons. The van der Waals surface area contributed by atoms with Crippen molar-refractivity contribution in [2.45, 2.75) is 26.2 Å². The lowest BCUT2D eigenvalue weighted by atomic mass is 9.93. The highest BCUT2D eigenvalue weighted by Crippen LogP contribution is 2.27. The summed E-state index contributed by atoms with van der Waals surface area (Å²) in [7, 11) is 1.76. The molecule has 22 heavy (non-hydrogen) atoms. The number of nitrogens with zero attached hydrogens (tertiary/aromatic N) is 5. The van der Waals surface area contributed by atoms with Gasteiger partial charge in [-0.2, -0.15) is 0 Å². The zero-order valence-electron chi connectivity index (χ0n) is 13.9. The lowest BCUT2D eigenvalue weighted by molar-refractivity contribution is 0.144. The molecule has 2 aromatic rings. The fraction of sp³-hybridized carbons (Fsp3) is 0.733. The molecule has 3 rings (SSSR count). The summed E-state index contributed by atoms with van der Waals surface area (Å²) in [4.78, 5) is 10.5. The zero-order valence-corrected chi connectivity index (χ0v) is 14.7. The molecule has 1 fully saturated rings. The molecule has 3 heterocycles. The van der Waals surface area contributed by atoms with Crippen LogP contribution in [0.1, 0.15) is 26.5 Å². The van der Waals surface area contributed by atoms with E-state index in [2.05, 4.69) is 36.8 Å². The Morgan fingerprint density at radius 3 is 2.55 bits per heavy atom. The largest absolute Gasteiger partial charge is 0.383 e. The molecule has 0 saturated carbocycles. The molecule has 1 aliphatic rings. The quantitative estimate of drug-likeness (QED) is 0.859. The van der Waals surface area contributed by atoms with Gasteiger partial charge in [0.05, 0.1) is 18.5 Å². The Bertz CT molecular complexity index is 590. The van der Waals surface area contributed by atoms with Crippen LogP contribution in [0.5, 0.6) is 0 Å². The Hall–Kier alpha value is -1.18. The van der Waals surface area contributed by atoms with Crippen molar-refractivity contribution in [3.63, 3.8) is 0 Å². The summed E-state index contributed by atoms with van der Waals surface area (Å²) in [5.74, 6) is 0. The zero-order chi connectivity index (χ0) is 15.7. The van der Waals surface area contributed by atoms with Crippen LogP contribution in [-0.4, -0.2) is 65.9 Å². The maximum Gasteiger partial charge on any atom is 0.214 e. The van der Waals surface area contributed by atoms with Crippen LogP contribution in [-0.2, 0) is 10.2 Å². The minimum Gasteiger partial charge on any atom is -0.383 e. The van der Waals surface area contributed by atoms with Crippen molar-refractivity contribution in [3.05, 3.63) is 11.9 Å². The van der Waals surface area contributed by atoms with Crippen molar-refractivity contribution in [2.75, 3.05) is 51.3 Å². The summed E-state index contributed by atoms with van der Waals surface area (Å²) in [6.45, 7) is 12.5. The van der Waals surface area contributed by atoms with Gasteiger partial charge in [-0.1, -0.05) is 32.1 Å². The number of rotatable bonds is 4. The minimum atomic E-state index is 0.0700. The number of aromatic nitrogens is 3. The van der Waals surface area contributed by atoms with E-state index in [9.17, 15) is 0 Å². The maximum atomic E-state index is 5.15. The lowest BCUT2D eigenvalue weighted by Crippen LogP contribution is -2.47. The van der Waals surface area contributed by atoms with Crippen molar-refractivity contribution in [1.82, 2.24) is 19.5 Å². The number of piperazine rings is 1. The second-order valence-corrected chi connectivity index (χ2v) is 7.74. The van der Waals surface area contributed by atoms with Gasteiger partial charge in [-0.25, -0.2) is 9.50 Å². The van der Waals surface area contributed by atoms with Gasteiger partial charge in [-0.05, 0) is 0 Å². The fourth-order valence-electron chi connectivity index (χ4n) is 2.56. The van der Waals surface area contributed by atoms with E-state index in [4.69, 9.17) is 14.8 Å². The molecule has 0 amide bonds. The Kier molecular flexibility index (Phi) is 4.38. The third-order valence-electron chi connectivity index (χ3n) is 4.06. The fourth-order valence-corrected chi connectivity index (χ4v) is 3.50. The SMILES string of the molecule is COCCN1CCN(c2nn3cc(C(C)(C)C)nc3s2)CC1. The smallest absolute Gasteiger partial charge is 0.214 e. The van der Waals surface area contributed by atoms with Crippen molar-refractivity contribution < 1.29 is 4.74 Å². The number of imidazole rings is 1. The molecule has 0 radical (unpaired) electrons. The van der Waals surface area contributed by atoms with Gasteiger partial charge in [-0.3, -0.25) is 4.90 Å². The van der Waals surface area contributed by atoms with E-state index < -0.39 is 0 Å². The van der Waals surface area contributed by atoms with Crippen LogP contribution in [0.25, 0.3) is 4.96 Å². The van der Waals surface area contributed by atoms with Crippen LogP contribution in [0.4, 0.5) is 5.13 Å². The van der Waals surface area contributed by atoms with E-state index in [-0.39, 0.29) is 5.41 Å². The average Bonchev–Trinajstić information content (AvgIpc) is 3.03. The number of anilines is 1. The molecule has 0 N–H and O–H groups in total. The third kappa shape index (κ3) is 3.26. The van der Waals surface area contributed by atoms with Gasteiger partial charge in [0, 0.05) is 45.2 Å². The van der Waals surface area contributed by atoms with Crippen LogP contribution in [0.15, 0.2) is 6.20 Å². The normalized spacial score (nSPS) is 17.5. The molecule has 0 bridgehead atoms. The Labute approximate surface area is 135 Å².